The Hall–Kier alpha value is -2.43. The fourth-order valence-corrected chi connectivity index (χ4v) is 3.71. The molecule has 0 bridgehead atoms. The van der Waals surface area contributed by atoms with Gasteiger partial charge in [0.2, 0.25) is 5.95 Å². The molecule has 8 heteroatoms. The molecule has 3 N–H and O–H groups in total. The van der Waals surface area contributed by atoms with Gasteiger partial charge >= 0.3 is 0 Å². The van der Waals surface area contributed by atoms with Crippen molar-refractivity contribution >= 4 is 23.4 Å². The average Bonchev–Trinajstić information content (AvgIpc) is 2.65. The highest BCUT2D eigenvalue weighted by molar-refractivity contribution is 6.30. The molecule has 0 unspecified atom stereocenters. The van der Waals surface area contributed by atoms with E-state index < -0.39 is 0 Å². The molecule has 0 amide bonds. The van der Waals surface area contributed by atoms with Gasteiger partial charge in [0.25, 0.3) is 0 Å². The summed E-state index contributed by atoms with van der Waals surface area (Å²) in [4.78, 5) is 12.8. The Morgan fingerprint density at radius 3 is 2.86 bits per heavy atom. The van der Waals surface area contributed by atoms with Crippen LogP contribution in [0.4, 0.5) is 11.8 Å². The zero-order valence-corrected chi connectivity index (χ0v) is 16.9. The van der Waals surface area contributed by atoms with Crippen LogP contribution in [0.2, 0.25) is 5.02 Å². The van der Waals surface area contributed by atoms with Gasteiger partial charge in [-0.15, -0.1) is 0 Å². The lowest BCUT2D eigenvalue weighted by Crippen LogP contribution is -2.41. The number of aliphatic hydroxyl groups excluding tert-OH is 1. The van der Waals surface area contributed by atoms with Crippen LogP contribution < -0.4 is 10.6 Å². The van der Waals surface area contributed by atoms with Crippen molar-refractivity contribution in [1.82, 2.24) is 15.0 Å². The first-order valence-corrected chi connectivity index (χ1v) is 9.80. The van der Waals surface area contributed by atoms with Gasteiger partial charge in [0, 0.05) is 25.0 Å². The SMILES string of the molecule is CC1(C)C[C@H](Nc2nc(NCCc3cncc(Cl)c3)ncc2C#N)CC[C@@H]1O. The van der Waals surface area contributed by atoms with E-state index in [9.17, 15) is 10.4 Å². The highest BCUT2D eigenvalue weighted by Crippen LogP contribution is 2.36. The lowest BCUT2D eigenvalue weighted by Gasteiger charge is -2.40. The van der Waals surface area contributed by atoms with E-state index in [-0.39, 0.29) is 17.6 Å². The molecule has 148 valence electrons. The standard InChI is InChI=1S/C20H25ClN6O/c1-20(2)8-16(3-4-17(20)28)26-18-14(9-22)11-25-19(27-18)24-6-5-13-7-15(21)12-23-10-13/h7,10-12,16-17,28H,3-6,8H2,1-2H3,(H2,24,25,26,27)/t16-,17+/m1/s1. The summed E-state index contributed by atoms with van der Waals surface area (Å²) in [5.41, 5.74) is 1.27. The zero-order valence-electron chi connectivity index (χ0n) is 16.1. The maximum Gasteiger partial charge on any atom is 0.224 e. The van der Waals surface area contributed by atoms with Gasteiger partial charge in [-0.2, -0.15) is 10.2 Å². The molecule has 1 aliphatic carbocycles. The monoisotopic (exact) mass is 400 g/mol. The average molecular weight is 401 g/mol. The van der Waals surface area contributed by atoms with Crippen molar-refractivity contribution in [3.05, 3.63) is 40.8 Å². The summed E-state index contributed by atoms with van der Waals surface area (Å²) in [6.07, 6.45) is 7.72. The molecule has 2 atom stereocenters. The van der Waals surface area contributed by atoms with Crippen LogP contribution >= 0.6 is 11.6 Å². The second kappa shape index (κ2) is 8.72. The minimum Gasteiger partial charge on any atom is -0.393 e. The molecule has 2 heterocycles. The number of hydrogen-bond acceptors (Lipinski definition) is 7. The van der Waals surface area contributed by atoms with E-state index in [4.69, 9.17) is 11.6 Å². The van der Waals surface area contributed by atoms with Gasteiger partial charge in [0.1, 0.15) is 17.5 Å². The topological polar surface area (TPSA) is 107 Å². The van der Waals surface area contributed by atoms with Crippen LogP contribution in [0.1, 0.15) is 44.2 Å². The van der Waals surface area contributed by atoms with Gasteiger partial charge in [0.05, 0.1) is 17.3 Å². The number of rotatable bonds is 6. The van der Waals surface area contributed by atoms with Crippen LogP contribution in [-0.2, 0) is 6.42 Å². The van der Waals surface area contributed by atoms with Crippen LogP contribution in [0.25, 0.3) is 0 Å². The molecule has 1 fully saturated rings. The Labute approximate surface area is 170 Å². The van der Waals surface area contributed by atoms with Crippen molar-refractivity contribution in [2.75, 3.05) is 17.2 Å². The zero-order chi connectivity index (χ0) is 20.1. The Morgan fingerprint density at radius 1 is 1.32 bits per heavy atom. The maximum absolute atomic E-state index is 10.1. The van der Waals surface area contributed by atoms with Crippen LogP contribution in [-0.4, -0.2) is 38.7 Å². The first-order valence-electron chi connectivity index (χ1n) is 9.42. The molecule has 7 nitrogen and oxygen atoms in total. The van der Waals surface area contributed by atoms with Crippen molar-refractivity contribution in [3.8, 4) is 6.07 Å². The van der Waals surface area contributed by atoms with E-state index in [2.05, 4.69) is 45.5 Å². The maximum atomic E-state index is 10.1. The van der Waals surface area contributed by atoms with E-state index in [1.54, 1.807) is 12.4 Å². The molecule has 28 heavy (non-hydrogen) atoms. The number of pyridine rings is 1. The lowest BCUT2D eigenvalue weighted by atomic mass is 9.73. The minimum atomic E-state index is -0.301. The number of anilines is 2. The van der Waals surface area contributed by atoms with Crippen molar-refractivity contribution in [2.45, 2.75) is 51.7 Å². The molecule has 0 aliphatic heterocycles. The minimum absolute atomic E-state index is 0.158. The summed E-state index contributed by atoms with van der Waals surface area (Å²) in [6, 6.07) is 4.18. The molecule has 2 aromatic rings. The van der Waals surface area contributed by atoms with E-state index in [0.29, 0.717) is 28.9 Å². The van der Waals surface area contributed by atoms with Gasteiger partial charge in [-0.25, -0.2) is 4.98 Å². The van der Waals surface area contributed by atoms with Gasteiger partial charge in [-0.3, -0.25) is 4.98 Å². The highest BCUT2D eigenvalue weighted by atomic mass is 35.5. The smallest absolute Gasteiger partial charge is 0.224 e. The molecule has 1 aliphatic rings. The van der Waals surface area contributed by atoms with Gasteiger partial charge in [-0.1, -0.05) is 25.4 Å². The first-order chi connectivity index (χ1) is 13.4. The second-order valence-corrected chi connectivity index (χ2v) is 8.32. The molecule has 0 saturated heterocycles. The summed E-state index contributed by atoms with van der Waals surface area (Å²) in [7, 11) is 0. The number of aliphatic hydroxyl groups is 1. The summed E-state index contributed by atoms with van der Waals surface area (Å²) >= 11 is 5.95. The van der Waals surface area contributed by atoms with E-state index in [1.807, 2.05) is 6.07 Å². The summed E-state index contributed by atoms with van der Waals surface area (Å²) in [6.45, 7) is 4.75. The van der Waals surface area contributed by atoms with Gasteiger partial charge in [0.15, 0.2) is 0 Å². The lowest BCUT2D eigenvalue weighted by molar-refractivity contribution is 0.00926. The Bertz CT molecular complexity index is 866. The number of nitriles is 1. The van der Waals surface area contributed by atoms with Crippen molar-refractivity contribution in [3.63, 3.8) is 0 Å². The molecule has 0 aromatic carbocycles. The summed E-state index contributed by atoms with van der Waals surface area (Å²) < 4.78 is 0. The Balaban J connectivity index is 1.64. The molecular formula is C20H25ClN6O. The normalized spacial score (nSPS) is 21.0. The second-order valence-electron chi connectivity index (χ2n) is 7.88. The van der Waals surface area contributed by atoms with Crippen LogP contribution in [0.5, 0.6) is 0 Å². The molecule has 0 radical (unpaired) electrons. The van der Waals surface area contributed by atoms with Crippen molar-refractivity contribution < 1.29 is 5.11 Å². The van der Waals surface area contributed by atoms with Crippen molar-refractivity contribution in [2.24, 2.45) is 5.41 Å². The number of hydrogen-bond donors (Lipinski definition) is 3. The highest BCUT2D eigenvalue weighted by Gasteiger charge is 2.35. The largest absolute Gasteiger partial charge is 0.393 e. The Kier molecular flexibility index (Phi) is 6.32. The van der Waals surface area contributed by atoms with Crippen LogP contribution in [0, 0.1) is 16.7 Å². The first kappa shape index (κ1) is 20.3. The number of nitrogens with one attached hydrogen (secondary N) is 2. The van der Waals surface area contributed by atoms with Gasteiger partial charge < -0.3 is 15.7 Å². The molecular weight excluding hydrogens is 376 g/mol. The number of nitrogens with zero attached hydrogens (tertiary/aromatic N) is 4. The Morgan fingerprint density at radius 2 is 2.14 bits per heavy atom. The molecule has 0 spiro atoms. The van der Waals surface area contributed by atoms with Crippen LogP contribution in [0.3, 0.4) is 0 Å². The summed E-state index contributed by atoms with van der Waals surface area (Å²) in [5.74, 6) is 0.994. The predicted octanol–water partition coefficient (Wildman–Crippen LogP) is 3.40. The van der Waals surface area contributed by atoms with E-state index in [0.717, 1.165) is 31.2 Å². The molecule has 1 saturated carbocycles. The number of halogens is 1. The fourth-order valence-electron chi connectivity index (χ4n) is 3.51. The third-order valence-corrected chi connectivity index (χ3v) is 5.38. The van der Waals surface area contributed by atoms with Crippen LogP contribution in [0.15, 0.2) is 24.7 Å². The third kappa shape index (κ3) is 5.09. The van der Waals surface area contributed by atoms with Gasteiger partial charge in [-0.05, 0) is 42.7 Å². The molecule has 3 rings (SSSR count). The van der Waals surface area contributed by atoms with E-state index in [1.165, 1.54) is 6.20 Å². The van der Waals surface area contributed by atoms with E-state index >= 15 is 0 Å². The fraction of sp³-hybridized carbons (Fsp3) is 0.500. The third-order valence-electron chi connectivity index (χ3n) is 5.17. The predicted molar refractivity (Wildman–Crippen MR) is 109 cm³/mol. The summed E-state index contributed by atoms with van der Waals surface area (Å²) in [5, 5.41) is 26.7. The van der Waals surface area contributed by atoms with Crippen molar-refractivity contribution in [1.29, 1.82) is 5.26 Å². The molecule has 2 aromatic heterocycles. The quantitative estimate of drug-likeness (QED) is 0.682. The number of aromatic nitrogens is 3.